The van der Waals surface area contributed by atoms with Crippen LogP contribution in [0.15, 0.2) is 122 Å². The number of ether oxygens (including phenoxy) is 3. The first-order chi connectivity index (χ1) is 29.6. The van der Waals surface area contributed by atoms with Crippen LogP contribution in [0.5, 0.6) is 0 Å². The van der Waals surface area contributed by atoms with E-state index in [2.05, 4.69) is 130 Å². The van der Waals surface area contributed by atoms with Crippen LogP contribution >= 0.6 is 0 Å². The summed E-state index contributed by atoms with van der Waals surface area (Å²) < 4.78 is 17.2. The zero-order valence-corrected chi connectivity index (χ0v) is 38.7. The molecule has 0 N–H and O–H groups in total. The summed E-state index contributed by atoms with van der Waals surface area (Å²) in [6.07, 6.45) is 69.4. The molecule has 338 valence electrons. The third-order valence-corrected chi connectivity index (χ3v) is 9.48. The predicted octanol–water partition coefficient (Wildman–Crippen LogP) is 16.2. The second-order valence-electron chi connectivity index (χ2n) is 15.3. The lowest BCUT2D eigenvalue weighted by Gasteiger charge is -2.18. The highest BCUT2D eigenvalue weighted by Crippen LogP contribution is 2.11. The van der Waals surface area contributed by atoms with Crippen molar-refractivity contribution >= 4 is 11.9 Å². The summed E-state index contributed by atoms with van der Waals surface area (Å²) in [6.45, 7) is 7.37. The van der Waals surface area contributed by atoms with Gasteiger partial charge in [0.2, 0.25) is 0 Å². The molecule has 0 saturated carbocycles. The van der Waals surface area contributed by atoms with Gasteiger partial charge in [0.1, 0.15) is 6.61 Å². The number of hydrogen-bond acceptors (Lipinski definition) is 5. The van der Waals surface area contributed by atoms with E-state index in [1.807, 2.05) is 12.2 Å². The highest BCUT2D eigenvalue weighted by atomic mass is 16.6. The highest BCUT2D eigenvalue weighted by Gasteiger charge is 2.17. The van der Waals surface area contributed by atoms with Gasteiger partial charge in [0.05, 0.1) is 13.0 Å². The van der Waals surface area contributed by atoms with Crippen molar-refractivity contribution in [2.45, 2.75) is 194 Å². The summed E-state index contributed by atoms with van der Waals surface area (Å²) in [4.78, 5) is 25.3. The molecule has 0 amide bonds. The minimum atomic E-state index is -0.598. The van der Waals surface area contributed by atoms with E-state index in [1.165, 1.54) is 44.9 Å². The van der Waals surface area contributed by atoms with E-state index in [0.717, 1.165) is 109 Å². The van der Waals surface area contributed by atoms with Gasteiger partial charge in [0.25, 0.3) is 0 Å². The van der Waals surface area contributed by atoms with Crippen molar-refractivity contribution < 1.29 is 23.8 Å². The zero-order valence-electron chi connectivity index (χ0n) is 38.7. The minimum absolute atomic E-state index is 0.0119. The van der Waals surface area contributed by atoms with Gasteiger partial charge in [-0.2, -0.15) is 0 Å². The Morgan fingerprint density at radius 3 is 1.28 bits per heavy atom. The Bertz CT molecular complexity index is 1260. The number of esters is 2. The molecule has 0 aliphatic rings. The molecule has 0 spiro atoms. The van der Waals surface area contributed by atoms with Crippen molar-refractivity contribution in [1.29, 1.82) is 0 Å². The van der Waals surface area contributed by atoms with Crippen LogP contribution in [-0.4, -0.2) is 37.9 Å². The van der Waals surface area contributed by atoms with E-state index in [-0.39, 0.29) is 31.6 Å². The minimum Gasteiger partial charge on any atom is -0.461 e. The van der Waals surface area contributed by atoms with Crippen molar-refractivity contribution in [3.8, 4) is 0 Å². The molecule has 60 heavy (non-hydrogen) atoms. The fraction of sp³-hybridized carbons (Fsp3) is 0.600. The average molecular weight is 829 g/mol. The lowest BCUT2D eigenvalue weighted by Crippen LogP contribution is -2.30. The fourth-order valence-corrected chi connectivity index (χ4v) is 5.99. The van der Waals surface area contributed by atoms with E-state index in [1.54, 1.807) is 0 Å². The molecule has 0 aliphatic heterocycles. The third kappa shape index (κ3) is 47.0. The van der Waals surface area contributed by atoms with Gasteiger partial charge in [-0.1, -0.05) is 194 Å². The van der Waals surface area contributed by atoms with Crippen LogP contribution in [0.1, 0.15) is 188 Å². The molecule has 0 aromatic carbocycles. The maximum absolute atomic E-state index is 12.8. The Balaban J connectivity index is 4.47. The summed E-state index contributed by atoms with van der Waals surface area (Å²) in [5.74, 6) is -0.579. The molecule has 0 aliphatic carbocycles. The summed E-state index contributed by atoms with van der Waals surface area (Å²) >= 11 is 0. The first kappa shape index (κ1) is 56.3. The maximum atomic E-state index is 12.8. The smallest absolute Gasteiger partial charge is 0.309 e. The Morgan fingerprint density at radius 2 is 0.800 bits per heavy atom. The summed E-state index contributed by atoms with van der Waals surface area (Å²) in [7, 11) is 0. The number of carbonyl (C=O) groups excluding carboxylic acids is 2. The van der Waals surface area contributed by atoms with Gasteiger partial charge >= 0.3 is 11.9 Å². The molecule has 0 bridgehead atoms. The summed E-state index contributed by atoms with van der Waals surface area (Å²) in [6, 6.07) is 0. The third-order valence-electron chi connectivity index (χ3n) is 9.48. The van der Waals surface area contributed by atoms with Crippen LogP contribution in [0.3, 0.4) is 0 Å². The number of allylic oxidation sites excluding steroid dienone is 19. The van der Waals surface area contributed by atoms with Crippen LogP contribution in [0.2, 0.25) is 0 Å². The first-order valence-corrected chi connectivity index (χ1v) is 24.1. The van der Waals surface area contributed by atoms with Crippen molar-refractivity contribution in [1.82, 2.24) is 0 Å². The van der Waals surface area contributed by atoms with Gasteiger partial charge < -0.3 is 14.2 Å². The van der Waals surface area contributed by atoms with Crippen LogP contribution < -0.4 is 0 Å². The topological polar surface area (TPSA) is 61.8 Å². The van der Waals surface area contributed by atoms with Crippen molar-refractivity contribution in [2.24, 2.45) is 0 Å². The maximum Gasteiger partial charge on any atom is 0.309 e. The molecular weight excluding hydrogens is 741 g/mol. The normalized spacial score (nSPS) is 13.3. The van der Waals surface area contributed by atoms with Crippen molar-refractivity contribution in [3.05, 3.63) is 122 Å². The molecule has 0 radical (unpaired) electrons. The van der Waals surface area contributed by atoms with Crippen molar-refractivity contribution in [2.75, 3.05) is 19.8 Å². The second-order valence-corrected chi connectivity index (χ2v) is 15.3. The molecule has 0 aromatic rings. The van der Waals surface area contributed by atoms with E-state index in [4.69, 9.17) is 14.2 Å². The molecule has 5 heteroatoms. The predicted molar refractivity (Wildman–Crippen MR) is 260 cm³/mol. The molecule has 1 atom stereocenters. The Labute approximate surface area is 369 Å². The van der Waals surface area contributed by atoms with E-state index in [0.29, 0.717) is 13.0 Å². The fourth-order valence-electron chi connectivity index (χ4n) is 5.99. The number of rotatable bonds is 42. The van der Waals surface area contributed by atoms with Crippen LogP contribution in [0, 0.1) is 0 Å². The highest BCUT2D eigenvalue weighted by molar-refractivity contribution is 5.71. The van der Waals surface area contributed by atoms with Gasteiger partial charge in [-0.05, 0) is 103 Å². The summed E-state index contributed by atoms with van der Waals surface area (Å²) in [5, 5.41) is 0. The molecule has 1 unspecified atom stereocenters. The zero-order chi connectivity index (χ0) is 43.5. The molecule has 0 fully saturated rings. The lowest BCUT2D eigenvalue weighted by atomic mass is 10.1. The SMILES string of the molecule is CC/C=C\C/C=C\C/C=C\C/C=C\C/C=C\CC(=O)OCC(COCCCCCCCC/C=C\C/C=C\CCC)OC(=O)CCCCCCC/C=C\C/C=C\C/C=C\CC. The summed E-state index contributed by atoms with van der Waals surface area (Å²) in [5.41, 5.74) is 0. The Kier molecular flexibility index (Phi) is 46.6. The molecule has 5 nitrogen and oxygen atoms in total. The largest absolute Gasteiger partial charge is 0.461 e. The van der Waals surface area contributed by atoms with Crippen molar-refractivity contribution in [3.63, 3.8) is 0 Å². The molecule has 0 saturated heterocycles. The van der Waals surface area contributed by atoms with Gasteiger partial charge in [-0.25, -0.2) is 0 Å². The van der Waals surface area contributed by atoms with Gasteiger partial charge in [0, 0.05) is 13.0 Å². The monoisotopic (exact) mass is 829 g/mol. The Morgan fingerprint density at radius 1 is 0.400 bits per heavy atom. The standard InChI is InChI=1S/C55H88O5/c1-4-7-10-13-16-19-22-25-28-30-33-36-39-42-45-48-54(56)59-52-53(51-58-50-47-44-41-38-35-32-27-24-21-18-15-12-9-6-3)60-55(57)49-46-43-40-37-34-31-29-26-23-20-17-14-11-8-5-2/h7-8,10-12,15-17,19-21,24-26,28-29,33,36,42,45,53H,4-6,9,13-14,18,22-23,27,30-32,34-35,37-41,43-44,46-52H2,1-3H3/b10-7-,11-8-,15-12-,19-16-,20-17-,24-21-,28-25-,29-26-,36-33-,45-42-. The first-order valence-electron chi connectivity index (χ1n) is 24.1. The Hall–Kier alpha value is -3.70. The molecule has 0 heterocycles. The molecule has 0 aromatic heterocycles. The van der Waals surface area contributed by atoms with Gasteiger partial charge in [-0.3, -0.25) is 9.59 Å². The molecular formula is C55H88O5. The molecule has 0 rings (SSSR count). The van der Waals surface area contributed by atoms with E-state index >= 15 is 0 Å². The average Bonchev–Trinajstić information content (AvgIpc) is 3.25. The van der Waals surface area contributed by atoms with Gasteiger partial charge in [0.15, 0.2) is 6.10 Å². The van der Waals surface area contributed by atoms with Crippen LogP contribution in [-0.2, 0) is 23.8 Å². The number of carbonyl (C=O) groups is 2. The van der Waals surface area contributed by atoms with Crippen LogP contribution in [0.4, 0.5) is 0 Å². The van der Waals surface area contributed by atoms with Gasteiger partial charge in [-0.15, -0.1) is 0 Å². The second kappa shape index (κ2) is 49.7. The van der Waals surface area contributed by atoms with Crippen LogP contribution in [0.25, 0.3) is 0 Å². The van der Waals surface area contributed by atoms with E-state index < -0.39 is 6.10 Å². The number of unbranched alkanes of at least 4 members (excludes halogenated alkanes) is 12. The van der Waals surface area contributed by atoms with E-state index in [9.17, 15) is 9.59 Å². The number of hydrogen-bond donors (Lipinski definition) is 0. The quantitative estimate of drug-likeness (QED) is 0.0348. The lowest BCUT2D eigenvalue weighted by molar-refractivity contribution is -0.162.